The molecule has 1 amide bonds. The number of esters is 1. The van der Waals surface area contributed by atoms with Crippen molar-refractivity contribution >= 4 is 11.9 Å². The lowest BCUT2D eigenvalue weighted by Crippen LogP contribution is -2.44. The Balaban J connectivity index is 3.17. The maximum atomic E-state index is 12.7. The Kier molecular flexibility index (Phi) is 7.87. The van der Waals surface area contributed by atoms with Gasteiger partial charge in [0, 0.05) is 12.2 Å². The lowest BCUT2D eigenvalue weighted by atomic mass is 10.0. The van der Waals surface area contributed by atoms with Crippen LogP contribution in [0.5, 0.6) is 0 Å². The molecule has 0 radical (unpaired) electrons. The van der Waals surface area contributed by atoms with Gasteiger partial charge in [-0.3, -0.25) is 9.59 Å². The third-order valence-corrected chi connectivity index (χ3v) is 4.29. The molecule has 0 aliphatic carbocycles. The minimum atomic E-state index is -0.761. The molecule has 6 nitrogen and oxygen atoms in total. The molecule has 0 saturated heterocycles. The molecule has 1 heterocycles. The van der Waals surface area contributed by atoms with Crippen LogP contribution in [0.4, 0.5) is 0 Å². The number of unbranched alkanes of at least 4 members (excludes halogenated alkanes) is 1. The molecule has 1 aromatic rings. The van der Waals surface area contributed by atoms with Gasteiger partial charge in [0.2, 0.25) is 0 Å². The van der Waals surface area contributed by atoms with Gasteiger partial charge in [-0.15, -0.1) is 0 Å². The SMILES string of the molecule is CCCCn1c(C)c(C)cc(C(=O)N[C@H](CC(C)C)C(=O)OC)c1=O. The predicted octanol–water partition coefficient (Wildman–Crippen LogP) is 2.58. The van der Waals surface area contributed by atoms with E-state index in [4.69, 9.17) is 4.74 Å². The van der Waals surface area contributed by atoms with Crippen LogP contribution in [0, 0.1) is 19.8 Å². The Morgan fingerprint density at radius 3 is 2.44 bits per heavy atom. The van der Waals surface area contributed by atoms with Gasteiger partial charge < -0.3 is 14.6 Å². The molecule has 0 spiro atoms. The highest BCUT2D eigenvalue weighted by Gasteiger charge is 2.25. The van der Waals surface area contributed by atoms with Gasteiger partial charge in [0.1, 0.15) is 11.6 Å². The van der Waals surface area contributed by atoms with E-state index in [9.17, 15) is 14.4 Å². The highest BCUT2D eigenvalue weighted by atomic mass is 16.5. The Bertz CT molecular complexity index is 677. The molecule has 140 valence electrons. The number of ether oxygens (including phenoxy) is 1. The largest absolute Gasteiger partial charge is 0.467 e. The number of nitrogens with one attached hydrogen (secondary N) is 1. The number of aryl methyl sites for hydroxylation is 1. The standard InChI is InChI=1S/C19H30N2O4/c1-7-8-9-21-14(5)13(4)11-15(18(21)23)17(22)20-16(10-12(2)3)19(24)25-6/h11-12,16H,7-10H2,1-6H3,(H,20,22)/t16-/m1/s1. The third kappa shape index (κ3) is 5.44. The van der Waals surface area contributed by atoms with Crippen LogP contribution in [0.1, 0.15) is 61.6 Å². The number of nitrogens with zero attached hydrogens (tertiary/aromatic N) is 1. The van der Waals surface area contributed by atoms with Crippen molar-refractivity contribution in [3.8, 4) is 0 Å². The second-order valence-electron chi connectivity index (χ2n) is 6.82. The molecule has 0 aliphatic rings. The fourth-order valence-electron chi connectivity index (χ4n) is 2.71. The van der Waals surface area contributed by atoms with Crippen LogP contribution in [0.3, 0.4) is 0 Å². The van der Waals surface area contributed by atoms with E-state index >= 15 is 0 Å². The molecule has 0 saturated carbocycles. The number of pyridine rings is 1. The molecule has 0 aliphatic heterocycles. The van der Waals surface area contributed by atoms with Crippen LogP contribution >= 0.6 is 0 Å². The van der Waals surface area contributed by atoms with Gasteiger partial charge in [-0.05, 0) is 44.2 Å². The second kappa shape index (κ2) is 9.39. The normalized spacial score (nSPS) is 12.1. The zero-order valence-corrected chi connectivity index (χ0v) is 16.1. The molecule has 1 N–H and O–H groups in total. The van der Waals surface area contributed by atoms with Crippen LogP contribution in [0.2, 0.25) is 0 Å². The fourth-order valence-corrected chi connectivity index (χ4v) is 2.71. The second-order valence-corrected chi connectivity index (χ2v) is 6.82. The zero-order chi connectivity index (χ0) is 19.1. The van der Waals surface area contributed by atoms with Gasteiger partial charge >= 0.3 is 5.97 Å². The first-order valence-electron chi connectivity index (χ1n) is 8.82. The number of methoxy groups -OCH3 is 1. The summed E-state index contributed by atoms with van der Waals surface area (Å²) in [6.45, 7) is 10.3. The summed E-state index contributed by atoms with van der Waals surface area (Å²) in [4.78, 5) is 37.3. The van der Waals surface area contributed by atoms with Crippen molar-refractivity contribution in [2.75, 3.05) is 7.11 Å². The van der Waals surface area contributed by atoms with Crippen molar-refractivity contribution in [2.45, 2.75) is 66.5 Å². The van der Waals surface area contributed by atoms with Crippen LogP contribution in [0.25, 0.3) is 0 Å². The summed E-state index contributed by atoms with van der Waals surface area (Å²) in [5.41, 5.74) is 1.49. The molecule has 1 rings (SSSR count). The summed E-state index contributed by atoms with van der Waals surface area (Å²) in [6, 6.07) is 0.835. The lowest BCUT2D eigenvalue weighted by Gasteiger charge is -2.19. The minimum absolute atomic E-state index is 0.0665. The van der Waals surface area contributed by atoms with Gasteiger partial charge in [-0.2, -0.15) is 0 Å². The van der Waals surface area contributed by atoms with Gasteiger partial charge in [-0.1, -0.05) is 27.2 Å². The number of carbonyl (C=O) groups excluding carboxylic acids is 2. The van der Waals surface area contributed by atoms with E-state index in [0.29, 0.717) is 13.0 Å². The van der Waals surface area contributed by atoms with E-state index in [-0.39, 0.29) is 17.0 Å². The number of hydrogen-bond acceptors (Lipinski definition) is 4. The first kappa shape index (κ1) is 20.9. The highest BCUT2D eigenvalue weighted by Crippen LogP contribution is 2.10. The Labute approximate surface area is 149 Å². The van der Waals surface area contributed by atoms with Gasteiger partial charge in [-0.25, -0.2) is 4.79 Å². The van der Waals surface area contributed by atoms with E-state index in [2.05, 4.69) is 12.2 Å². The minimum Gasteiger partial charge on any atom is -0.467 e. The summed E-state index contributed by atoms with van der Waals surface area (Å²) >= 11 is 0. The van der Waals surface area contributed by atoms with E-state index in [0.717, 1.165) is 24.1 Å². The molecule has 25 heavy (non-hydrogen) atoms. The van der Waals surface area contributed by atoms with Crippen molar-refractivity contribution in [1.29, 1.82) is 0 Å². The van der Waals surface area contributed by atoms with E-state index in [1.807, 2.05) is 27.7 Å². The van der Waals surface area contributed by atoms with Crippen molar-refractivity contribution in [1.82, 2.24) is 9.88 Å². The number of aromatic nitrogens is 1. The van der Waals surface area contributed by atoms with Gasteiger partial charge in [0.25, 0.3) is 11.5 Å². The lowest BCUT2D eigenvalue weighted by molar-refractivity contribution is -0.143. The average Bonchev–Trinajstić information content (AvgIpc) is 2.56. The first-order valence-corrected chi connectivity index (χ1v) is 8.82. The Morgan fingerprint density at radius 2 is 1.92 bits per heavy atom. The molecule has 1 atom stereocenters. The first-order chi connectivity index (χ1) is 11.7. The summed E-state index contributed by atoms with van der Waals surface area (Å²) in [6.07, 6.45) is 2.27. The van der Waals surface area contributed by atoms with Crippen LogP contribution in [0.15, 0.2) is 10.9 Å². The van der Waals surface area contributed by atoms with Crippen LogP contribution in [-0.2, 0) is 16.1 Å². The summed E-state index contributed by atoms with van der Waals surface area (Å²) in [7, 11) is 1.29. The zero-order valence-electron chi connectivity index (χ0n) is 16.1. The smallest absolute Gasteiger partial charge is 0.328 e. The average molecular weight is 350 g/mol. The fraction of sp³-hybridized carbons (Fsp3) is 0.632. The Hall–Kier alpha value is -2.11. The number of rotatable bonds is 8. The topological polar surface area (TPSA) is 77.4 Å². The van der Waals surface area contributed by atoms with Crippen LogP contribution < -0.4 is 10.9 Å². The van der Waals surface area contributed by atoms with Crippen molar-refractivity contribution in [2.24, 2.45) is 5.92 Å². The molecular weight excluding hydrogens is 320 g/mol. The molecule has 0 bridgehead atoms. The van der Waals surface area contributed by atoms with Gasteiger partial charge in [0.15, 0.2) is 0 Å². The van der Waals surface area contributed by atoms with E-state index in [1.165, 1.54) is 7.11 Å². The Morgan fingerprint density at radius 1 is 1.28 bits per heavy atom. The number of hydrogen-bond donors (Lipinski definition) is 1. The monoisotopic (exact) mass is 350 g/mol. The summed E-state index contributed by atoms with van der Waals surface area (Å²) in [5.74, 6) is -0.836. The molecule has 0 aromatic carbocycles. The van der Waals surface area contributed by atoms with Crippen molar-refractivity contribution < 1.29 is 14.3 Å². The molecular formula is C19H30N2O4. The van der Waals surface area contributed by atoms with E-state index < -0.39 is 17.9 Å². The molecule has 1 aromatic heterocycles. The maximum absolute atomic E-state index is 12.7. The summed E-state index contributed by atoms with van der Waals surface area (Å²) < 4.78 is 6.41. The highest BCUT2D eigenvalue weighted by molar-refractivity contribution is 5.96. The van der Waals surface area contributed by atoms with Crippen molar-refractivity contribution in [3.63, 3.8) is 0 Å². The third-order valence-electron chi connectivity index (χ3n) is 4.29. The maximum Gasteiger partial charge on any atom is 0.328 e. The number of carbonyl (C=O) groups is 2. The molecule has 6 heteroatoms. The number of amides is 1. The van der Waals surface area contributed by atoms with E-state index in [1.54, 1.807) is 10.6 Å². The van der Waals surface area contributed by atoms with Crippen molar-refractivity contribution in [3.05, 3.63) is 33.2 Å². The quantitative estimate of drug-likeness (QED) is 0.731. The van der Waals surface area contributed by atoms with Gasteiger partial charge in [0.05, 0.1) is 7.11 Å². The molecule has 0 unspecified atom stereocenters. The summed E-state index contributed by atoms with van der Waals surface area (Å²) in [5, 5.41) is 2.66. The predicted molar refractivity (Wildman–Crippen MR) is 97.8 cm³/mol. The van der Waals surface area contributed by atoms with Crippen LogP contribution in [-0.4, -0.2) is 29.6 Å². The molecule has 0 fully saturated rings.